The van der Waals surface area contributed by atoms with Crippen molar-refractivity contribution in [2.75, 3.05) is 19.8 Å². The van der Waals surface area contributed by atoms with Gasteiger partial charge in [-0.1, -0.05) is 22.0 Å². The van der Waals surface area contributed by atoms with E-state index in [-0.39, 0.29) is 17.3 Å². The molecule has 116 valence electrons. The number of rotatable bonds is 2. The van der Waals surface area contributed by atoms with E-state index in [4.69, 9.17) is 9.47 Å². The number of hydrogen-bond acceptors (Lipinski definition) is 3. The van der Waals surface area contributed by atoms with Crippen molar-refractivity contribution in [2.45, 2.75) is 37.4 Å². The summed E-state index contributed by atoms with van der Waals surface area (Å²) in [7, 11) is 0. The summed E-state index contributed by atoms with van der Waals surface area (Å²) in [5.74, 6) is -0.163. The Morgan fingerprint density at radius 3 is 2.76 bits per heavy atom. The van der Waals surface area contributed by atoms with Crippen LogP contribution in [0.25, 0.3) is 0 Å². The highest BCUT2D eigenvalue weighted by molar-refractivity contribution is 9.10. The molecule has 0 aliphatic carbocycles. The second-order valence-corrected chi connectivity index (χ2v) is 6.86. The van der Waals surface area contributed by atoms with Gasteiger partial charge in [-0.15, -0.1) is 0 Å². The Balaban J connectivity index is 1.76. The van der Waals surface area contributed by atoms with Gasteiger partial charge in [0.15, 0.2) is 0 Å². The lowest BCUT2D eigenvalue weighted by Crippen LogP contribution is -2.45. The minimum atomic E-state index is -0.594. The van der Waals surface area contributed by atoms with Crippen LogP contribution in [-0.4, -0.2) is 30.5 Å². The first kappa shape index (κ1) is 15.4. The largest absolute Gasteiger partial charge is 0.388 e. The molecule has 0 radical (unpaired) electrons. The second kappa shape index (κ2) is 6.32. The highest BCUT2D eigenvalue weighted by Gasteiger charge is 2.41. The van der Waals surface area contributed by atoms with Crippen LogP contribution in [0.5, 0.6) is 0 Å². The maximum Gasteiger partial charge on any atom is 0.124 e. The molecule has 0 bridgehead atoms. The molecule has 1 aromatic rings. The average molecular weight is 359 g/mol. The molecule has 0 amide bonds. The van der Waals surface area contributed by atoms with Crippen LogP contribution in [0.1, 0.15) is 37.4 Å². The van der Waals surface area contributed by atoms with Crippen LogP contribution in [0.2, 0.25) is 0 Å². The molecule has 2 aliphatic heterocycles. The molecule has 0 saturated carbocycles. The van der Waals surface area contributed by atoms with Crippen molar-refractivity contribution in [1.29, 1.82) is 0 Å². The SMILES string of the molecule is OC(c1ccc(F)cc1Br)C1CCOC2(CCOCC2)C1. The molecule has 2 fully saturated rings. The maximum atomic E-state index is 13.2. The summed E-state index contributed by atoms with van der Waals surface area (Å²) in [6, 6.07) is 4.46. The highest BCUT2D eigenvalue weighted by Crippen LogP contribution is 2.42. The third-order valence-electron chi connectivity index (χ3n) is 4.66. The number of halogens is 2. The Hall–Kier alpha value is -0.490. The third-order valence-corrected chi connectivity index (χ3v) is 5.35. The van der Waals surface area contributed by atoms with E-state index in [1.807, 2.05) is 0 Å². The molecule has 0 aromatic heterocycles. The van der Waals surface area contributed by atoms with E-state index < -0.39 is 6.10 Å². The lowest BCUT2D eigenvalue weighted by Gasteiger charge is -2.44. The van der Waals surface area contributed by atoms with Gasteiger partial charge in [0.1, 0.15) is 5.82 Å². The zero-order valence-corrected chi connectivity index (χ0v) is 13.4. The van der Waals surface area contributed by atoms with E-state index in [0.717, 1.165) is 44.5 Å². The van der Waals surface area contributed by atoms with Crippen molar-refractivity contribution < 1.29 is 19.0 Å². The van der Waals surface area contributed by atoms with Crippen molar-refractivity contribution in [3.63, 3.8) is 0 Å². The van der Waals surface area contributed by atoms with Gasteiger partial charge in [0, 0.05) is 24.3 Å². The van der Waals surface area contributed by atoms with E-state index >= 15 is 0 Å². The summed E-state index contributed by atoms with van der Waals surface area (Å²) in [6.07, 6.45) is 2.85. The summed E-state index contributed by atoms with van der Waals surface area (Å²) >= 11 is 3.35. The van der Waals surface area contributed by atoms with Crippen LogP contribution >= 0.6 is 15.9 Å². The molecule has 1 aromatic carbocycles. The molecule has 5 heteroatoms. The molecular weight excluding hydrogens is 339 g/mol. The van der Waals surface area contributed by atoms with Crippen LogP contribution in [0.4, 0.5) is 4.39 Å². The molecule has 2 aliphatic rings. The Morgan fingerprint density at radius 2 is 2.05 bits per heavy atom. The Kier molecular flexibility index (Phi) is 4.64. The van der Waals surface area contributed by atoms with Gasteiger partial charge < -0.3 is 14.6 Å². The van der Waals surface area contributed by atoms with Crippen LogP contribution in [0, 0.1) is 11.7 Å². The summed E-state index contributed by atoms with van der Waals surface area (Å²) in [5.41, 5.74) is 0.611. The van der Waals surface area contributed by atoms with Gasteiger partial charge in [-0.25, -0.2) is 4.39 Å². The van der Waals surface area contributed by atoms with Gasteiger partial charge >= 0.3 is 0 Å². The van der Waals surface area contributed by atoms with Gasteiger partial charge in [-0.2, -0.15) is 0 Å². The van der Waals surface area contributed by atoms with Gasteiger partial charge in [0.2, 0.25) is 0 Å². The maximum absolute atomic E-state index is 13.2. The third kappa shape index (κ3) is 3.31. The van der Waals surface area contributed by atoms with Gasteiger partial charge in [-0.05, 0) is 49.3 Å². The molecule has 1 spiro atoms. The van der Waals surface area contributed by atoms with Crippen LogP contribution in [-0.2, 0) is 9.47 Å². The van der Waals surface area contributed by atoms with Crippen molar-refractivity contribution >= 4 is 15.9 Å². The number of aliphatic hydroxyl groups excluding tert-OH is 1. The zero-order chi connectivity index (χ0) is 14.9. The smallest absolute Gasteiger partial charge is 0.124 e. The van der Waals surface area contributed by atoms with Gasteiger partial charge in [0.05, 0.1) is 11.7 Å². The Bertz CT molecular complexity index is 497. The monoisotopic (exact) mass is 358 g/mol. The lowest BCUT2D eigenvalue weighted by molar-refractivity contribution is -0.159. The molecule has 2 saturated heterocycles. The number of ether oxygens (including phenoxy) is 2. The number of aliphatic hydroxyl groups is 1. The number of benzene rings is 1. The summed E-state index contributed by atoms with van der Waals surface area (Å²) in [5, 5.41) is 10.7. The van der Waals surface area contributed by atoms with E-state index in [0.29, 0.717) is 11.1 Å². The minimum absolute atomic E-state index is 0.138. The van der Waals surface area contributed by atoms with Gasteiger partial charge in [0.25, 0.3) is 0 Å². The molecule has 2 heterocycles. The molecular formula is C16H20BrFO3. The predicted molar refractivity (Wildman–Crippen MR) is 80.5 cm³/mol. The summed E-state index contributed by atoms with van der Waals surface area (Å²) < 4.78 is 25.2. The number of hydrogen-bond donors (Lipinski definition) is 1. The molecule has 1 N–H and O–H groups in total. The molecule has 2 unspecified atom stereocenters. The van der Waals surface area contributed by atoms with Crippen molar-refractivity contribution in [2.24, 2.45) is 5.92 Å². The Morgan fingerprint density at radius 1 is 1.29 bits per heavy atom. The molecule has 2 atom stereocenters. The molecule has 3 rings (SSSR count). The Labute approximate surface area is 132 Å². The van der Waals surface area contributed by atoms with E-state index in [1.54, 1.807) is 6.07 Å². The fraction of sp³-hybridized carbons (Fsp3) is 0.625. The lowest BCUT2D eigenvalue weighted by atomic mass is 9.77. The van der Waals surface area contributed by atoms with Crippen LogP contribution < -0.4 is 0 Å². The first-order chi connectivity index (χ1) is 10.1. The van der Waals surface area contributed by atoms with Crippen LogP contribution in [0.3, 0.4) is 0 Å². The van der Waals surface area contributed by atoms with E-state index in [9.17, 15) is 9.50 Å². The fourth-order valence-corrected chi connectivity index (χ4v) is 4.01. The summed E-state index contributed by atoms with van der Waals surface area (Å²) in [6.45, 7) is 2.12. The predicted octanol–water partition coefficient (Wildman–Crippen LogP) is 3.60. The van der Waals surface area contributed by atoms with E-state index in [1.165, 1.54) is 12.1 Å². The van der Waals surface area contributed by atoms with Crippen LogP contribution in [0.15, 0.2) is 22.7 Å². The fourth-order valence-electron chi connectivity index (χ4n) is 3.42. The zero-order valence-electron chi connectivity index (χ0n) is 11.9. The average Bonchev–Trinajstić information content (AvgIpc) is 2.47. The second-order valence-electron chi connectivity index (χ2n) is 6.01. The first-order valence-corrected chi connectivity index (χ1v) is 8.24. The van der Waals surface area contributed by atoms with Crippen molar-refractivity contribution in [3.05, 3.63) is 34.1 Å². The molecule has 21 heavy (non-hydrogen) atoms. The normalized spacial score (nSPS) is 26.7. The first-order valence-electron chi connectivity index (χ1n) is 7.44. The summed E-state index contributed by atoms with van der Waals surface area (Å²) in [4.78, 5) is 0. The van der Waals surface area contributed by atoms with Crippen molar-refractivity contribution in [1.82, 2.24) is 0 Å². The highest BCUT2D eigenvalue weighted by atomic mass is 79.9. The topological polar surface area (TPSA) is 38.7 Å². The van der Waals surface area contributed by atoms with Gasteiger partial charge in [-0.3, -0.25) is 0 Å². The quantitative estimate of drug-likeness (QED) is 0.877. The van der Waals surface area contributed by atoms with E-state index in [2.05, 4.69) is 15.9 Å². The van der Waals surface area contributed by atoms with Crippen molar-refractivity contribution in [3.8, 4) is 0 Å². The standard InChI is InChI=1S/C16H20BrFO3/c17-14-9-12(18)1-2-13(14)15(19)11-3-6-21-16(10-11)4-7-20-8-5-16/h1-2,9,11,15,19H,3-8,10H2. The molecule has 3 nitrogen and oxygen atoms in total. The minimum Gasteiger partial charge on any atom is -0.388 e.